The van der Waals surface area contributed by atoms with Gasteiger partial charge >= 0.3 is 0 Å². The molecular weight excluding hydrogens is 302 g/mol. The Labute approximate surface area is 126 Å². The maximum atomic E-state index is 13.6. The summed E-state index contributed by atoms with van der Waals surface area (Å²) in [4.78, 5) is 11.1. The minimum absolute atomic E-state index is 0.0585. The number of unbranched alkanes of at least 4 members (excludes halogenated alkanes) is 1. The Balaban J connectivity index is 2.48. The van der Waals surface area contributed by atoms with E-state index in [1.54, 1.807) is 10.9 Å². The first-order valence-electron chi connectivity index (χ1n) is 6.24. The largest absolute Gasteiger partial charge is 0.298 e. The molecule has 0 amide bonds. The molecule has 0 N–H and O–H groups in total. The zero-order chi connectivity index (χ0) is 14.7. The van der Waals surface area contributed by atoms with Gasteiger partial charge in [-0.2, -0.15) is 5.10 Å². The summed E-state index contributed by atoms with van der Waals surface area (Å²) in [5, 5.41) is 4.52. The van der Waals surface area contributed by atoms with Crippen LogP contribution in [0.1, 0.15) is 30.1 Å². The lowest BCUT2D eigenvalue weighted by Crippen LogP contribution is -1.98. The second-order valence-electron chi connectivity index (χ2n) is 4.41. The molecule has 106 valence electrons. The molecule has 1 aromatic carbocycles. The van der Waals surface area contributed by atoms with Crippen LogP contribution in [0.25, 0.3) is 11.3 Å². The lowest BCUT2D eigenvalue weighted by molar-refractivity contribution is 0.112. The average molecular weight is 315 g/mol. The van der Waals surface area contributed by atoms with Crippen molar-refractivity contribution in [2.75, 3.05) is 0 Å². The van der Waals surface area contributed by atoms with Crippen molar-refractivity contribution in [2.24, 2.45) is 0 Å². The highest BCUT2D eigenvalue weighted by atomic mass is 35.5. The third kappa shape index (κ3) is 3.02. The van der Waals surface area contributed by atoms with Crippen LogP contribution in [0.5, 0.6) is 0 Å². The number of nitrogens with zero attached hydrogens (tertiary/aromatic N) is 2. The van der Waals surface area contributed by atoms with Crippen molar-refractivity contribution >= 4 is 29.5 Å². The predicted octanol–water partition coefficient (Wildman–Crippen LogP) is 4.61. The fourth-order valence-corrected chi connectivity index (χ4v) is 2.34. The molecule has 0 radical (unpaired) electrons. The minimum atomic E-state index is -0.592. The number of carbonyl (C=O) groups excluding carboxylic acids is 1. The lowest BCUT2D eigenvalue weighted by atomic mass is 10.1. The normalized spacial score (nSPS) is 10.8. The highest BCUT2D eigenvalue weighted by molar-refractivity contribution is 6.36. The van der Waals surface area contributed by atoms with E-state index in [2.05, 4.69) is 12.0 Å². The summed E-state index contributed by atoms with van der Waals surface area (Å²) in [6.07, 6.45) is 4.29. The van der Waals surface area contributed by atoms with Crippen LogP contribution >= 0.6 is 23.2 Å². The molecular formula is C14H13Cl2FN2O. The van der Waals surface area contributed by atoms with Crippen molar-refractivity contribution in [3.05, 3.63) is 39.8 Å². The van der Waals surface area contributed by atoms with Gasteiger partial charge in [0.2, 0.25) is 0 Å². The summed E-state index contributed by atoms with van der Waals surface area (Å²) >= 11 is 11.7. The van der Waals surface area contributed by atoms with Crippen molar-refractivity contribution in [3.63, 3.8) is 0 Å². The van der Waals surface area contributed by atoms with Crippen LogP contribution in [0, 0.1) is 5.82 Å². The Hall–Kier alpha value is -1.39. The SMILES string of the molecule is CCCCn1cc(C=O)c(-c2cc(F)c(Cl)cc2Cl)n1. The van der Waals surface area contributed by atoms with E-state index in [0.29, 0.717) is 29.7 Å². The number of aromatic nitrogens is 2. The molecule has 2 aromatic rings. The Morgan fingerprint density at radius 3 is 2.75 bits per heavy atom. The topological polar surface area (TPSA) is 34.9 Å². The molecule has 20 heavy (non-hydrogen) atoms. The number of hydrogen-bond acceptors (Lipinski definition) is 2. The molecule has 0 fully saturated rings. The molecule has 1 aromatic heterocycles. The summed E-state index contributed by atoms with van der Waals surface area (Å²) in [5.74, 6) is -0.592. The van der Waals surface area contributed by atoms with Crippen molar-refractivity contribution in [1.82, 2.24) is 9.78 Å². The molecule has 0 saturated carbocycles. The van der Waals surface area contributed by atoms with Crippen LogP contribution < -0.4 is 0 Å². The number of halogens is 3. The quantitative estimate of drug-likeness (QED) is 0.596. The van der Waals surface area contributed by atoms with E-state index in [4.69, 9.17) is 23.2 Å². The number of carbonyl (C=O) groups is 1. The molecule has 0 atom stereocenters. The molecule has 0 bridgehead atoms. The van der Waals surface area contributed by atoms with Crippen LogP contribution in [-0.2, 0) is 6.54 Å². The molecule has 0 spiro atoms. The van der Waals surface area contributed by atoms with E-state index < -0.39 is 5.82 Å². The van der Waals surface area contributed by atoms with Gasteiger partial charge in [0.1, 0.15) is 11.5 Å². The smallest absolute Gasteiger partial charge is 0.153 e. The average Bonchev–Trinajstić information content (AvgIpc) is 2.83. The van der Waals surface area contributed by atoms with Crippen molar-refractivity contribution in [3.8, 4) is 11.3 Å². The monoisotopic (exact) mass is 314 g/mol. The third-order valence-corrected chi connectivity index (χ3v) is 3.53. The van der Waals surface area contributed by atoms with Gasteiger partial charge in [0.15, 0.2) is 6.29 Å². The maximum Gasteiger partial charge on any atom is 0.153 e. The summed E-state index contributed by atoms with van der Waals surface area (Å²) in [5.41, 5.74) is 1.12. The number of rotatable bonds is 5. The number of benzene rings is 1. The highest BCUT2D eigenvalue weighted by Gasteiger charge is 2.16. The van der Waals surface area contributed by atoms with Gasteiger partial charge in [-0.1, -0.05) is 36.5 Å². The van der Waals surface area contributed by atoms with E-state index in [9.17, 15) is 9.18 Å². The van der Waals surface area contributed by atoms with Gasteiger partial charge in [-0.3, -0.25) is 9.48 Å². The second-order valence-corrected chi connectivity index (χ2v) is 5.23. The Morgan fingerprint density at radius 2 is 2.10 bits per heavy atom. The molecule has 6 heteroatoms. The highest BCUT2D eigenvalue weighted by Crippen LogP contribution is 2.32. The van der Waals surface area contributed by atoms with E-state index in [0.717, 1.165) is 12.8 Å². The fourth-order valence-electron chi connectivity index (χ4n) is 1.87. The van der Waals surface area contributed by atoms with Crippen molar-refractivity contribution in [1.29, 1.82) is 0 Å². The zero-order valence-electron chi connectivity index (χ0n) is 10.9. The molecule has 0 aliphatic heterocycles. The van der Waals surface area contributed by atoms with E-state index >= 15 is 0 Å². The van der Waals surface area contributed by atoms with Gasteiger partial charge in [-0.05, 0) is 18.6 Å². The van der Waals surface area contributed by atoms with Gasteiger partial charge < -0.3 is 0 Å². The Morgan fingerprint density at radius 1 is 1.35 bits per heavy atom. The zero-order valence-corrected chi connectivity index (χ0v) is 12.4. The Kier molecular flexibility index (Phi) is 4.78. The predicted molar refractivity (Wildman–Crippen MR) is 77.9 cm³/mol. The first kappa shape index (κ1) is 15.0. The molecule has 0 saturated heterocycles. The van der Waals surface area contributed by atoms with E-state index in [-0.39, 0.29) is 10.0 Å². The Bertz CT molecular complexity index is 640. The number of aryl methyl sites for hydroxylation is 1. The van der Waals surface area contributed by atoms with Gasteiger partial charge in [-0.25, -0.2) is 4.39 Å². The van der Waals surface area contributed by atoms with E-state index in [1.807, 2.05) is 0 Å². The fraction of sp³-hybridized carbons (Fsp3) is 0.286. The molecule has 3 nitrogen and oxygen atoms in total. The van der Waals surface area contributed by atoms with Gasteiger partial charge in [-0.15, -0.1) is 0 Å². The molecule has 0 unspecified atom stereocenters. The standard InChI is InChI=1S/C14H13Cl2FN2O/c1-2-3-4-19-7-9(8-20)14(18-19)10-5-13(17)12(16)6-11(10)15/h5-8H,2-4H2,1H3. The summed E-state index contributed by atoms with van der Waals surface area (Å²) in [7, 11) is 0. The second kappa shape index (κ2) is 6.37. The maximum absolute atomic E-state index is 13.6. The van der Waals surface area contributed by atoms with E-state index in [1.165, 1.54) is 12.1 Å². The molecule has 1 heterocycles. The lowest BCUT2D eigenvalue weighted by Gasteiger charge is -2.04. The summed E-state index contributed by atoms with van der Waals surface area (Å²) in [6.45, 7) is 2.77. The van der Waals surface area contributed by atoms with Crippen LogP contribution in [-0.4, -0.2) is 16.1 Å². The third-order valence-electron chi connectivity index (χ3n) is 2.92. The molecule has 0 aliphatic rings. The molecule has 2 rings (SSSR count). The first-order valence-corrected chi connectivity index (χ1v) is 7.00. The van der Waals surface area contributed by atoms with Gasteiger partial charge in [0.05, 0.1) is 15.6 Å². The first-order chi connectivity index (χ1) is 9.56. The van der Waals surface area contributed by atoms with Crippen LogP contribution in [0.3, 0.4) is 0 Å². The van der Waals surface area contributed by atoms with Gasteiger partial charge in [0, 0.05) is 18.3 Å². The van der Waals surface area contributed by atoms with Crippen molar-refractivity contribution in [2.45, 2.75) is 26.3 Å². The molecule has 0 aliphatic carbocycles. The summed E-state index contributed by atoms with van der Waals surface area (Å²) in [6, 6.07) is 2.51. The van der Waals surface area contributed by atoms with Crippen LogP contribution in [0.4, 0.5) is 4.39 Å². The number of hydrogen-bond donors (Lipinski definition) is 0. The van der Waals surface area contributed by atoms with Gasteiger partial charge in [0.25, 0.3) is 0 Å². The van der Waals surface area contributed by atoms with Crippen LogP contribution in [0.15, 0.2) is 18.3 Å². The van der Waals surface area contributed by atoms with Crippen molar-refractivity contribution < 1.29 is 9.18 Å². The number of aldehydes is 1. The minimum Gasteiger partial charge on any atom is -0.298 e. The summed E-state index contributed by atoms with van der Waals surface area (Å²) < 4.78 is 15.2. The van der Waals surface area contributed by atoms with Crippen LogP contribution in [0.2, 0.25) is 10.0 Å².